The molecule has 0 bridgehead atoms. The van der Waals surface area contributed by atoms with Crippen molar-refractivity contribution in [3.63, 3.8) is 0 Å². The molecule has 0 spiro atoms. The fraction of sp³-hybridized carbons (Fsp3) is 0.111. The highest BCUT2D eigenvalue weighted by atomic mass is 35.5. The number of nitrogens with one attached hydrogen (secondary N) is 1. The molecule has 0 fully saturated rings. The molecular formula is C18H14ClN3O2. The number of hydrazone groups is 1. The number of aromatic nitrogens is 1. The molecule has 0 radical (unpaired) electrons. The van der Waals surface area contributed by atoms with Crippen LogP contribution in [0.25, 0.3) is 10.9 Å². The van der Waals surface area contributed by atoms with Gasteiger partial charge in [-0.25, -0.2) is 0 Å². The average molecular weight is 340 g/mol. The number of fused-ring (bicyclic) bond motifs is 2. The van der Waals surface area contributed by atoms with Crippen molar-refractivity contribution in [2.75, 3.05) is 12.2 Å². The Kier molecular flexibility index (Phi) is 3.70. The molecule has 120 valence electrons. The van der Waals surface area contributed by atoms with Crippen LogP contribution in [-0.2, 0) is 0 Å². The standard InChI is InChI=1S/C18H14ClN3O2/c1-11-6-16(22-20-9-12-2-4-13(19)5-3-12)14-7-17-18(24-10-23-17)8-15(14)21-11/h2-9H,10H2,1H3,(H,21,22)/b20-9-. The van der Waals surface area contributed by atoms with Crippen molar-refractivity contribution < 1.29 is 9.47 Å². The van der Waals surface area contributed by atoms with Gasteiger partial charge >= 0.3 is 0 Å². The van der Waals surface area contributed by atoms with Gasteiger partial charge in [-0.15, -0.1) is 0 Å². The molecule has 5 nitrogen and oxygen atoms in total. The number of halogens is 1. The Balaban J connectivity index is 1.67. The van der Waals surface area contributed by atoms with Crippen molar-refractivity contribution in [3.05, 3.63) is 58.7 Å². The quantitative estimate of drug-likeness (QED) is 0.568. The number of hydrogen-bond acceptors (Lipinski definition) is 5. The van der Waals surface area contributed by atoms with E-state index in [1.54, 1.807) is 6.21 Å². The highest BCUT2D eigenvalue weighted by molar-refractivity contribution is 6.30. The number of anilines is 1. The molecule has 0 amide bonds. The van der Waals surface area contributed by atoms with E-state index in [1.807, 2.05) is 49.4 Å². The summed E-state index contributed by atoms with van der Waals surface area (Å²) in [6.45, 7) is 2.18. The third-order valence-electron chi connectivity index (χ3n) is 3.70. The number of nitrogens with zero attached hydrogens (tertiary/aromatic N) is 2. The van der Waals surface area contributed by atoms with Gasteiger partial charge in [0, 0.05) is 22.2 Å². The second-order valence-electron chi connectivity index (χ2n) is 5.46. The van der Waals surface area contributed by atoms with Crippen LogP contribution in [0.5, 0.6) is 11.5 Å². The van der Waals surface area contributed by atoms with Gasteiger partial charge in [0.2, 0.25) is 6.79 Å². The van der Waals surface area contributed by atoms with Crippen LogP contribution in [-0.4, -0.2) is 18.0 Å². The molecule has 1 aromatic heterocycles. The average Bonchev–Trinajstić information content (AvgIpc) is 3.02. The summed E-state index contributed by atoms with van der Waals surface area (Å²) in [6.07, 6.45) is 1.74. The van der Waals surface area contributed by atoms with E-state index in [0.29, 0.717) is 5.02 Å². The van der Waals surface area contributed by atoms with E-state index in [2.05, 4.69) is 15.5 Å². The van der Waals surface area contributed by atoms with Crippen LogP contribution in [0.2, 0.25) is 5.02 Å². The fourth-order valence-electron chi connectivity index (χ4n) is 2.57. The summed E-state index contributed by atoms with van der Waals surface area (Å²) in [5, 5.41) is 5.94. The van der Waals surface area contributed by atoms with Crippen LogP contribution < -0.4 is 14.9 Å². The second kappa shape index (κ2) is 6.02. The van der Waals surface area contributed by atoms with Gasteiger partial charge in [0.05, 0.1) is 17.4 Å². The third-order valence-corrected chi connectivity index (χ3v) is 3.95. The zero-order valence-electron chi connectivity index (χ0n) is 12.9. The molecule has 4 rings (SSSR count). The molecule has 0 saturated carbocycles. The number of rotatable bonds is 3. The molecule has 1 N–H and O–H groups in total. The van der Waals surface area contributed by atoms with Gasteiger partial charge in [-0.1, -0.05) is 23.7 Å². The number of pyridine rings is 1. The van der Waals surface area contributed by atoms with Crippen LogP contribution in [0, 0.1) is 6.92 Å². The third kappa shape index (κ3) is 2.86. The van der Waals surface area contributed by atoms with E-state index in [4.69, 9.17) is 21.1 Å². The number of hydrogen-bond donors (Lipinski definition) is 1. The van der Waals surface area contributed by atoms with E-state index in [-0.39, 0.29) is 6.79 Å². The van der Waals surface area contributed by atoms with Crippen molar-refractivity contribution >= 4 is 34.4 Å². The number of benzene rings is 2. The van der Waals surface area contributed by atoms with Gasteiger partial charge in [-0.05, 0) is 36.8 Å². The SMILES string of the molecule is Cc1cc(N/N=C\c2ccc(Cl)cc2)c2cc3c(cc2n1)OCO3. The lowest BCUT2D eigenvalue weighted by atomic mass is 10.1. The van der Waals surface area contributed by atoms with E-state index >= 15 is 0 Å². The summed E-state index contributed by atoms with van der Waals surface area (Å²) in [6, 6.07) is 13.2. The molecule has 2 aromatic carbocycles. The van der Waals surface area contributed by atoms with Gasteiger partial charge in [0.25, 0.3) is 0 Å². The zero-order valence-corrected chi connectivity index (χ0v) is 13.7. The Labute approximate surface area is 143 Å². The van der Waals surface area contributed by atoms with Gasteiger partial charge in [0.1, 0.15) is 0 Å². The maximum Gasteiger partial charge on any atom is 0.231 e. The van der Waals surface area contributed by atoms with Crippen molar-refractivity contribution in [3.8, 4) is 11.5 Å². The van der Waals surface area contributed by atoms with Crippen LogP contribution >= 0.6 is 11.6 Å². The largest absolute Gasteiger partial charge is 0.454 e. The summed E-state index contributed by atoms with van der Waals surface area (Å²) in [5.74, 6) is 1.44. The lowest BCUT2D eigenvalue weighted by Crippen LogP contribution is -1.95. The van der Waals surface area contributed by atoms with Gasteiger partial charge in [-0.2, -0.15) is 5.10 Å². The highest BCUT2D eigenvalue weighted by Gasteiger charge is 2.16. The minimum absolute atomic E-state index is 0.238. The minimum atomic E-state index is 0.238. The Morgan fingerprint density at radius 1 is 1.12 bits per heavy atom. The molecule has 24 heavy (non-hydrogen) atoms. The molecule has 1 aliphatic heterocycles. The number of ether oxygens (including phenoxy) is 2. The molecule has 0 saturated heterocycles. The van der Waals surface area contributed by atoms with Crippen LogP contribution in [0.3, 0.4) is 0 Å². The van der Waals surface area contributed by atoms with E-state index in [1.165, 1.54) is 0 Å². The van der Waals surface area contributed by atoms with Crippen LogP contribution in [0.15, 0.2) is 47.6 Å². The monoisotopic (exact) mass is 339 g/mol. The number of aryl methyl sites for hydroxylation is 1. The van der Waals surface area contributed by atoms with Crippen molar-refractivity contribution in [2.24, 2.45) is 5.10 Å². The van der Waals surface area contributed by atoms with E-state index < -0.39 is 0 Å². The van der Waals surface area contributed by atoms with Gasteiger partial charge in [-0.3, -0.25) is 10.4 Å². The van der Waals surface area contributed by atoms with Gasteiger partial charge in [0.15, 0.2) is 11.5 Å². The minimum Gasteiger partial charge on any atom is -0.454 e. The Bertz CT molecular complexity index is 939. The van der Waals surface area contributed by atoms with Crippen LogP contribution in [0.4, 0.5) is 5.69 Å². The molecule has 2 heterocycles. The molecular weight excluding hydrogens is 326 g/mol. The van der Waals surface area contributed by atoms with Gasteiger partial charge < -0.3 is 9.47 Å². The summed E-state index contributed by atoms with van der Waals surface area (Å²) in [7, 11) is 0. The predicted octanol–water partition coefficient (Wildman–Crippen LogP) is 4.37. The summed E-state index contributed by atoms with van der Waals surface area (Å²) in [5.41, 5.74) is 6.63. The zero-order chi connectivity index (χ0) is 16.5. The molecule has 1 aliphatic rings. The second-order valence-corrected chi connectivity index (χ2v) is 5.89. The van der Waals surface area contributed by atoms with E-state index in [9.17, 15) is 0 Å². The molecule has 3 aromatic rings. The maximum absolute atomic E-state index is 5.88. The first-order valence-corrected chi connectivity index (χ1v) is 7.82. The molecule has 6 heteroatoms. The topological polar surface area (TPSA) is 55.7 Å². The van der Waals surface area contributed by atoms with Crippen molar-refractivity contribution in [1.82, 2.24) is 4.98 Å². The molecule has 0 unspecified atom stereocenters. The summed E-state index contributed by atoms with van der Waals surface area (Å²) < 4.78 is 10.9. The lowest BCUT2D eigenvalue weighted by molar-refractivity contribution is 0.174. The molecule has 0 aliphatic carbocycles. The summed E-state index contributed by atoms with van der Waals surface area (Å²) >= 11 is 5.88. The van der Waals surface area contributed by atoms with Crippen molar-refractivity contribution in [1.29, 1.82) is 0 Å². The predicted molar refractivity (Wildman–Crippen MR) is 95.3 cm³/mol. The first-order chi connectivity index (χ1) is 11.7. The molecule has 0 atom stereocenters. The van der Waals surface area contributed by atoms with E-state index in [0.717, 1.165) is 39.3 Å². The first-order valence-electron chi connectivity index (χ1n) is 7.45. The van der Waals surface area contributed by atoms with Crippen LogP contribution in [0.1, 0.15) is 11.3 Å². The Morgan fingerprint density at radius 2 is 1.88 bits per heavy atom. The normalized spacial score (nSPS) is 12.9. The lowest BCUT2D eigenvalue weighted by Gasteiger charge is -2.08. The Hall–Kier alpha value is -2.79. The fourth-order valence-corrected chi connectivity index (χ4v) is 2.69. The Morgan fingerprint density at radius 3 is 2.67 bits per heavy atom. The maximum atomic E-state index is 5.88. The first kappa shape index (κ1) is 14.8. The highest BCUT2D eigenvalue weighted by Crippen LogP contribution is 2.38. The van der Waals surface area contributed by atoms with Crippen molar-refractivity contribution in [2.45, 2.75) is 6.92 Å². The summed E-state index contributed by atoms with van der Waals surface area (Å²) in [4.78, 5) is 4.55. The smallest absolute Gasteiger partial charge is 0.231 e.